The Morgan fingerprint density at radius 1 is 1.61 bits per heavy atom. The average molecular weight is 251 g/mol. The second-order valence-corrected chi connectivity index (χ2v) is 4.56. The topological polar surface area (TPSA) is 77.3 Å². The lowest BCUT2D eigenvalue weighted by Gasteiger charge is -2.22. The van der Waals surface area contributed by atoms with E-state index >= 15 is 0 Å². The predicted octanol–water partition coefficient (Wildman–Crippen LogP) is 1.68. The summed E-state index contributed by atoms with van der Waals surface area (Å²) in [4.78, 5) is 14.5. The molecule has 2 heterocycles. The minimum Gasteiger partial charge on any atom is -0.472 e. The monoisotopic (exact) mass is 251 g/mol. The zero-order valence-corrected chi connectivity index (χ0v) is 10.4. The van der Waals surface area contributed by atoms with E-state index in [1.807, 2.05) is 0 Å². The maximum atomic E-state index is 10.9. The van der Waals surface area contributed by atoms with Crippen LogP contribution in [0.4, 0.5) is 5.69 Å². The molecule has 1 unspecified atom stereocenters. The summed E-state index contributed by atoms with van der Waals surface area (Å²) in [5, 5.41) is 14.1. The molecule has 1 aliphatic heterocycles. The molecule has 0 radical (unpaired) electrons. The molecule has 18 heavy (non-hydrogen) atoms. The molecular weight excluding hydrogens is 234 g/mol. The van der Waals surface area contributed by atoms with Gasteiger partial charge < -0.3 is 10.1 Å². The van der Waals surface area contributed by atoms with E-state index in [4.69, 9.17) is 4.74 Å². The van der Waals surface area contributed by atoms with Gasteiger partial charge in [-0.05, 0) is 32.4 Å². The molecule has 2 rings (SSSR count). The molecule has 0 amide bonds. The first-order valence-electron chi connectivity index (χ1n) is 6.12. The molecule has 1 atom stereocenters. The number of piperidine rings is 1. The zero-order chi connectivity index (χ0) is 13.0. The molecule has 1 fully saturated rings. The fourth-order valence-electron chi connectivity index (χ4n) is 2.03. The summed E-state index contributed by atoms with van der Waals surface area (Å²) < 4.78 is 5.53. The van der Waals surface area contributed by atoms with Gasteiger partial charge in [-0.2, -0.15) is 0 Å². The van der Waals surface area contributed by atoms with E-state index in [1.165, 1.54) is 6.07 Å². The Labute approximate surface area is 106 Å². The van der Waals surface area contributed by atoms with Crippen LogP contribution in [-0.2, 0) is 0 Å². The van der Waals surface area contributed by atoms with Crippen molar-refractivity contribution in [3.8, 4) is 5.88 Å². The smallest absolute Gasteiger partial charge is 0.330 e. The first-order chi connectivity index (χ1) is 8.66. The average Bonchev–Trinajstić information content (AvgIpc) is 2.37. The second-order valence-electron chi connectivity index (χ2n) is 4.56. The molecule has 98 valence electrons. The zero-order valence-electron chi connectivity index (χ0n) is 10.4. The van der Waals surface area contributed by atoms with Crippen molar-refractivity contribution in [1.29, 1.82) is 0 Å². The van der Waals surface area contributed by atoms with E-state index in [9.17, 15) is 10.1 Å². The number of hydrogen-bond acceptors (Lipinski definition) is 5. The quantitative estimate of drug-likeness (QED) is 0.650. The Bertz CT molecular complexity index is 431. The summed E-state index contributed by atoms with van der Waals surface area (Å²) in [5.41, 5.74) is 0.654. The standard InChI is InChI=1S/C12H17N3O3/c1-9-4-5-11(15(16)17)12(14-9)18-8-10-3-2-6-13-7-10/h4-5,10,13H,2-3,6-8H2,1H3. The maximum absolute atomic E-state index is 10.9. The van der Waals surface area contributed by atoms with Gasteiger partial charge in [0.15, 0.2) is 0 Å². The van der Waals surface area contributed by atoms with Crippen molar-refractivity contribution in [2.75, 3.05) is 19.7 Å². The third kappa shape index (κ3) is 3.16. The number of hydrogen-bond donors (Lipinski definition) is 1. The number of aromatic nitrogens is 1. The van der Waals surface area contributed by atoms with Crippen molar-refractivity contribution in [2.45, 2.75) is 19.8 Å². The van der Waals surface area contributed by atoms with Crippen LogP contribution in [0.3, 0.4) is 0 Å². The van der Waals surface area contributed by atoms with Gasteiger partial charge in [-0.15, -0.1) is 0 Å². The van der Waals surface area contributed by atoms with E-state index in [0.29, 0.717) is 12.5 Å². The molecule has 0 aliphatic carbocycles. The molecule has 1 N–H and O–H groups in total. The van der Waals surface area contributed by atoms with Crippen molar-refractivity contribution in [3.63, 3.8) is 0 Å². The second kappa shape index (κ2) is 5.77. The highest BCUT2D eigenvalue weighted by Crippen LogP contribution is 2.25. The van der Waals surface area contributed by atoms with Crippen LogP contribution in [0.15, 0.2) is 12.1 Å². The van der Waals surface area contributed by atoms with Gasteiger partial charge in [-0.3, -0.25) is 10.1 Å². The summed E-state index contributed by atoms with van der Waals surface area (Å²) in [6, 6.07) is 3.06. The van der Waals surface area contributed by atoms with Crippen LogP contribution in [-0.4, -0.2) is 29.6 Å². The predicted molar refractivity (Wildman–Crippen MR) is 66.7 cm³/mol. The summed E-state index contributed by atoms with van der Waals surface area (Å²) in [6.07, 6.45) is 2.21. The lowest BCUT2D eigenvalue weighted by Crippen LogP contribution is -2.33. The van der Waals surface area contributed by atoms with Gasteiger partial charge in [0.05, 0.1) is 11.5 Å². The lowest BCUT2D eigenvalue weighted by molar-refractivity contribution is -0.386. The summed E-state index contributed by atoms with van der Waals surface area (Å²) >= 11 is 0. The van der Waals surface area contributed by atoms with Crippen molar-refractivity contribution >= 4 is 5.69 Å². The van der Waals surface area contributed by atoms with Crippen molar-refractivity contribution in [1.82, 2.24) is 10.3 Å². The van der Waals surface area contributed by atoms with Gasteiger partial charge in [0, 0.05) is 24.2 Å². The van der Waals surface area contributed by atoms with E-state index in [2.05, 4.69) is 10.3 Å². The van der Waals surface area contributed by atoms with E-state index in [0.717, 1.165) is 31.6 Å². The molecular formula is C12H17N3O3. The van der Waals surface area contributed by atoms with Gasteiger partial charge in [-0.1, -0.05) is 0 Å². The molecule has 0 aromatic carbocycles. The minimum absolute atomic E-state index is 0.0654. The first kappa shape index (κ1) is 12.8. The molecule has 6 heteroatoms. The fourth-order valence-corrected chi connectivity index (χ4v) is 2.03. The Morgan fingerprint density at radius 3 is 3.11 bits per heavy atom. The molecule has 0 bridgehead atoms. The summed E-state index contributed by atoms with van der Waals surface area (Å²) in [7, 11) is 0. The number of pyridine rings is 1. The largest absolute Gasteiger partial charge is 0.472 e. The molecule has 6 nitrogen and oxygen atoms in total. The van der Waals surface area contributed by atoms with Crippen LogP contribution in [0, 0.1) is 23.0 Å². The SMILES string of the molecule is Cc1ccc([N+](=O)[O-])c(OCC2CCCNC2)n1. The Kier molecular flexibility index (Phi) is 4.09. The minimum atomic E-state index is -0.457. The van der Waals surface area contributed by atoms with Gasteiger partial charge >= 0.3 is 5.69 Å². The van der Waals surface area contributed by atoms with Gasteiger partial charge in [-0.25, -0.2) is 4.98 Å². The van der Waals surface area contributed by atoms with Crippen LogP contribution >= 0.6 is 0 Å². The lowest BCUT2D eigenvalue weighted by atomic mass is 10.0. The number of rotatable bonds is 4. The molecule has 1 aromatic heterocycles. The van der Waals surface area contributed by atoms with E-state index < -0.39 is 4.92 Å². The van der Waals surface area contributed by atoms with Crippen LogP contribution in [0.25, 0.3) is 0 Å². The number of aryl methyl sites for hydroxylation is 1. The van der Waals surface area contributed by atoms with Crippen molar-refractivity contribution in [3.05, 3.63) is 27.9 Å². The molecule has 0 spiro atoms. The number of nitrogens with zero attached hydrogens (tertiary/aromatic N) is 2. The third-order valence-corrected chi connectivity index (χ3v) is 3.03. The van der Waals surface area contributed by atoms with Gasteiger partial charge in [0.25, 0.3) is 5.88 Å². The Balaban J connectivity index is 2.03. The maximum Gasteiger partial charge on any atom is 0.330 e. The highest BCUT2D eigenvalue weighted by Gasteiger charge is 2.19. The molecule has 0 saturated carbocycles. The van der Waals surface area contributed by atoms with Crippen molar-refractivity contribution in [2.24, 2.45) is 5.92 Å². The number of nitro groups is 1. The van der Waals surface area contributed by atoms with E-state index in [1.54, 1.807) is 13.0 Å². The normalized spacial score (nSPS) is 19.5. The summed E-state index contributed by atoms with van der Waals surface area (Å²) in [5.74, 6) is 0.534. The van der Waals surface area contributed by atoms with Crippen LogP contribution in [0.2, 0.25) is 0 Å². The van der Waals surface area contributed by atoms with E-state index in [-0.39, 0.29) is 11.6 Å². The first-order valence-corrected chi connectivity index (χ1v) is 6.12. The third-order valence-electron chi connectivity index (χ3n) is 3.03. The molecule has 1 aliphatic rings. The summed E-state index contributed by atoms with van der Waals surface area (Å²) in [6.45, 7) is 4.21. The highest BCUT2D eigenvalue weighted by molar-refractivity contribution is 5.41. The number of nitrogens with one attached hydrogen (secondary N) is 1. The Hall–Kier alpha value is -1.69. The Morgan fingerprint density at radius 2 is 2.44 bits per heavy atom. The fraction of sp³-hybridized carbons (Fsp3) is 0.583. The van der Waals surface area contributed by atoms with Gasteiger partial charge in [0.2, 0.25) is 0 Å². The molecule has 1 saturated heterocycles. The van der Waals surface area contributed by atoms with Crippen LogP contribution < -0.4 is 10.1 Å². The number of ether oxygens (including phenoxy) is 1. The van der Waals surface area contributed by atoms with Crippen LogP contribution in [0.1, 0.15) is 18.5 Å². The van der Waals surface area contributed by atoms with Crippen LogP contribution in [0.5, 0.6) is 5.88 Å². The molecule has 1 aromatic rings. The van der Waals surface area contributed by atoms with Crippen molar-refractivity contribution < 1.29 is 9.66 Å². The highest BCUT2D eigenvalue weighted by atomic mass is 16.6. The van der Waals surface area contributed by atoms with Gasteiger partial charge in [0.1, 0.15) is 0 Å².